The van der Waals surface area contributed by atoms with Crippen molar-refractivity contribution in [1.29, 1.82) is 0 Å². The average Bonchev–Trinajstić information content (AvgIpc) is 3.04. The quantitative estimate of drug-likeness (QED) is 0.419. The van der Waals surface area contributed by atoms with Gasteiger partial charge in [-0.1, -0.05) is 26.0 Å². The number of thioether (sulfide) groups is 1. The standard InChI is InChI=1S/C20H31N5S/c1-6-21-20(23-12-17-8-7-16(4)11-18(17)26-5)24-13-19-22-9-10-25(19)14-15(2)3/h7-11,15H,6,12-14H2,1-5H3,(H2,21,23,24). The molecule has 0 radical (unpaired) electrons. The summed E-state index contributed by atoms with van der Waals surface area (Å²) >= 11 is 1.77. The SMILES string of the molecule is CCNC(=NCc1ccc(C)cc1SC)NCc1nccn1CC(C)C. The first-order chi connectivity index (χ1) is 12.5. The largest absolute Gasteiger partial charge is 0.357 e. The maximum Gasteiger partial charge on any atom is 0.191 e. The van der Waals surface area contributed by atoms with Crippen LogP contribution in [0.2, 0.25) is 0 Å². The Balaban J connectivity index is 2.04. The highest BCUT2D eigenvalue weighted by Crippen LogP contribution is 2.22. The second-order valence-electron chi connectivity index (χ2n) is 6.75. The summed E-state index contributed by atoms with van der Waals surface area (Å²) in [5.74, 6) is 2.44. The maximum atomic E-state index is 4.76. The number of aromatic nitrogens is 2. The van der Waals surface area contributed by atoms with Crippen LogP contribution in [0, 0.1) is 12.8 Å². The molecular weight excluding hydrogens is 342 g/mol. The van der Waals surface area contributed by atoms with Crippen LogP contribution in [0.3, 0.4) is 0 Å². The Morgan fingerprint density at radius 3 is 2.81 bits per heavy atom. The fourth-order valence-electron chi connectivity index (χ4n) is 2.72. The van der Waals surface area contributed by atoms with E-state index < -0.39 is 0 Å². The Hall–Kier alpha value is -1.95. The zero-order chi connectivity index (χ0) is 18.9. The molecule has 0 aliphatic rings. The van der Waals surface area contributed by atoms with E-state index in [9.17, 15) is 0 Å². The molecule has 1 aromatic heterocycles. The lowest BCUT2D eigenvalue weighted by atomic mass is 10.1. The number of imidazole rings is 1. The summed E-state index contributed by atoms with van der Waals surface area (Å²) < 4.78 is 2.20. The lowest BCUT2D eigenvalue weighted by Gasteiger charge is -2.14. The number of benzene rings is 1. The molecule has 5 nitrogen and oxygen atoms in total. The third kappa shape index (κ3) is 6.09. The van der Waals surface area contributed by atoms with Crippen molar-refractivity contribution in [1.82, 2.24) is 20.2 Å². The van der Waals surface area contributed by atoms with Crippen molar-refractivity contribution in [2.45, 2.75) is 52.2 Å². The molecule has 0 amide bonds. The van der Waals surface area contributed by atoms with Crippen molar-refractivity contribution in [3.05, 3.63) is 47.5 Å². The van der Waals surface area contributed by atoms with Gasteiger partial charge in [0.1, 0.15) is 5.82 Å². The van der Waals surface area contributed by atoms with Gasteiger partial charge < -0.3 is 15.2 Å². The first kappa shape index (κ1) is 20.4. The number of hydrogen-bond acceptors (Lipinski definition) is 3. The Kier molecular flexibility index (Phi) is 8.04. The van der Waals surface area contributed by atoms with E-state index in [2.05, 4.69) is 72.3 Å². The predicted octanol–water partition coefficient (Wildman–Crippen LogP) is 3.82. The van der Waals surface area contributed by atoms with Gasteiger partial charge in [0, 0.05) is 30.4 Å². The van der Waals surface area contributed by atoms with Crippen LogP contribution < -0.4 is 10.6 Å². The number of aliphatic imine (C=N–C) groups is 1. The van der Waals surface area contributed by atoms with E-state index in [1.165, 1.54) is 16.0 Å². The third-order valence-electron chi connectivity index (χ3n) is 3.97. The molecule has 0 saturated heterocycles. The first-order valence-corrected chi connectivity index (χ1v) is 10.4. The molecular formula is C20H31N5S. The van der Waals surface area contributed by atoms with Gasteiger partial charge in [0.05, 0.1) is 13.1 Å². The molecule has 142 valence electrons. The fraction of sp³-hybridized carbons (Fsp3) is 0.500. The zero-order valence-corrected chi connectivity index (χ0v) is 17.4. The second-order valence-corrected chi connectivity index (χ2v) is 7.60. The van der Waals surface area contributed by atoms with Crippen LogP contribution in [0.15, 0.2) is 40.5 Å². The second kappa shape index (κ2) is 10.3. The molecule has 2 aromatic rings. The minimum Gasteiger partial charge on any atom is -0.357 e. The molecule has 0 atom stereocenters. The van der Waals surface area contributed by atoms with Crippen molar-refractivity contribution in [2.24, 2.45) is 10.9 Å². The van der Waals surface area contributed by atoms with Crippen LogP contribution in [-0.4, -0.2) is 28.3 Å². The van der Waals surface area contributed by atoms with Crippen LogP contribution in [0.1, 0.15) is 37.7 Å². The maximum absolute atomic E-state index is 4.76. The van der Waals surface area contributed by atoms with Crippen LogP contribution in [0.5, 0.6) is 0 Å². The van der Waals surface area contributed by atoms with E-state index in [0.717, 1.165) is 24.9 Å². The number of nitrogens with one attached hydrogen (secondary N) is 2. The number of rotatable bonds is 8. The monoisotopic (exact) mass is 373 g/mol. The van der Waals surface area contributed by atoms with Crippen LogP contribution >= 0.6 is 11.8 Å². The fourth-order valence-corrected chi connectivity index (χ4v) is 3.42. The van der Waals surface area contributed by atoms with E-state index in [4.69, 9.17) is 4.99 Å². The molecule has 0 fully saturated rings. The number of guanidine groups is 1. The lowest BCUT2D eigenvalue weighted by molar-refractivity contribution is 0.503. The molecule has 0 aliphatic carbocycles. The highest BCUT2D eigenvalue weighted by atomic mass is 32.2. The van der Waals surface area contributed by atoms with Crippen molar-refractivity contribution in [2.75, 3.05) is 12.8 Å². The van der Waals surface area contributed by atoms with Crippen molar-refractivity contribution in [3.8, 4) is 0 Å². The average molecular weight is 374 g/mol. The van der Waals surface area contributed by atoms with Crippen LogP contribution in [0.4, 0.5) is 0 Å². The van der Waals surface area contributed by atoms with Gasteiger partial charge >= 0.3 is 0 Å². The lowest BCUT2D eigenvalue weighted by Crippen LogP contribution is -2.37. The first-order valence-electron chi connectivity index (χ1n) is 9.19. The van der Waals surface area contributed by atoms with Crippen LogP contribution in [-0.2, 0) is 19.6 Å². The minimum absolute atomic E-state index is 0.594. The summed E-state index contributed by atoms with van der Waals surface area (Å²) in [6, 6.07) is 6.54. The van der Waals surface area contributed by atoms with E-state index >= 15 is 0 Å². The number of nitrogens with zero attached hydrogens (tertiary/aromatic N) is 3. The van der Waals surface area contributed by atoms with Gasteiger partial charge in [-0.3, -0.25) is 0 Å². The number of aryl methyl sites for hydroxylation is 1. The Morgan fingerprint density at radius 1 is 1.31 bits per heavy atom. The molecule has 6 heteroatoms. The van der Waals surface area contributed by atoms with E-state index in [0.29, 0.717) is 19.0 Å². The van der Waals surface area contributed by atoms with E-state index in [1.54, 1.807) is 11.8 Å². The summed E-state index contributed by atoms with van der Waals surface area (Å²) in [6.07, 6.45) is 6.01. The Morgan fingerprint density at radius 2 is 2.12 bits per heavy atom. The molecule has 0 bridgehead atoms. The van der Waals surface area contributed by atoms with E-state index in [-0.39, 0.29) is 0 Å². The molecule has 1 aromatic carbocycles. The highest BCUT2D eigenvalue weighted by molar-refractivity contribution is 7.98. The Labute approximate surface area is 161 Å². The topological polar surface area (TPSA) is 54.2 Å². The Bertz CT molecular complexity index is 721. The molecule has 26 heavy (non-hydrogen) atoms. The van der Waals surface area contributed by atoms with Crippen molar-refractivity contribution >= 4 is 17.7 Å². The molecule has 0 unspecified atom stereocenters. The molecule has 2 rings (SSSR count). The molecule has 0 saturated carbocycles. The third-order valence-corrected chi connectivity index (χ3v) is 4.79. The minimum atomic E-state index is 0.594. The molecule has 2 N–H and O–H groups in total. The summed E-state index contributed by atoms with van der Waals surface area (Å²) in [6.45, 7) is 11.8. The predicted molar refractivity (Wildman–Crippen MR) is 112 cm³/mol. The van der Waals surface area contributed by atoms with Gasteiger partial charge in [-0.05, 0) is 43.2 Å². The smallest absolute Gasteiger partial charge is 0.191 e. The molecule has 1 heterocycles. The molecule has 0 spiro atoms. The van der Waals surface area contributed by atoms with Gasteiger partial charge in [-0.25, -0.2) is 9.98 Å². The van der Waals surface area contributed by atoms with Crippen molar-refractivity contribution < 1.29 is 0 Å². The summed E-state index contributed by atoms with van der Waals surface area (Å²) in [4.78, 5) is 10.5. The zero-order valence-electron chi connectivity index (χ0n) is 16.5. The highest BCUT2D eigenvalue weighted by Gasteiger charge is 2.07. The summed E-state index contributed by atoms with van der Waals surface area (Å²) in [5, 5.41) is 6.72. The van der Waals surface area contributed by atoms with E-state index in [1.807, 2.05) is 12.4 Å². The van der Waals surface area contributed by atoms with Gasteiger partial charge in [-0.2, -0.15) is 0 Å². The van der Waals surface area contributed by atoms with Crippen molar-refractivity contribution in [3.63, 3.8) is 0 Å². The van der Waals surface area contributed by atoms with Crippen LogP contribution in [0.25, 0.3) is 0 Å². The van der Waals surface area contributed by atoms with Gasteiger partial charge in [0.25, 0.3) is 0 Å². The van der Waals surface area contributed by atoms with Gasteiger partial charge in [0.2, 0.25) is 0 Å². The van der Waals surface area contributed by atoms with Gasteiger partial charge in [-0.15, -0.1) is 11.8 Å². The summed E-state index contributed by atoms with van der Waals surface area (Å²) in [5.41, 5.74) is 2.53. The van der Waals surface area contributed by atoms with Gasteiger partial charge in [0.15, 0.2) is 5.96 Å². The molecule has 0 aliphatic heterocycles. The number of hydrogen-bond donors (Lipinski definition) is 2. The summed E-state index contributed by atoms with van der Waals surface area (Å²) in [7, 11) is 0. The normalized spacial score (nSPS) is 11.8.